The SMILES string of the molecule is CC1CC(C(=O)O)CN(C(=O)COc2ccc(N3CCCC3=O)cc2)C1. The van der Waals surface area contributed by atoms with Crippen LogP contribution in [0.25, 0.3) is 0 Å². The minimum absolute atomic E-state index is 0.124. The molecule has 0 saturated carbocycles. The Balaban J connectivity index is 1.54. The van der Waals surface area contributed by atoms with E-state index < -0.39 is 11.9 Å². The molecule has 140 valence electrons. The molecule has 0 bridgehead atoms. The molecule has 2 amide bonds. The molecule has 2 heterocycles. The zero-order chi connectivity index (χ0) is 18.7. The van der Waals surface area contributed by atoms with Gasteiger partial charge in [0, 0.05) is 31.7 Å². The van der Waals surface area contributed by atoms with Crippen molar-refractivity contribution in [2.45, 2.75) is 26.2 Å². The number of rotatable bonds is 5. The van der Waals surface area contributed by atoms with Gasteiger partial charge >= 0.3 is 5.97 Å². The maximum atomic E-state index is 12.4. The highest BCUT2D eigenvalue weighted by molar-refractivity contribution is 5.95. The number of likely N-dealkylation sites (tertiary alicyclic amines) is 1. The van der Waals surface area contributed by atoms with Crippen molar-refractivity contribution in [2.75, 3.05) is 31.1 Å². The van der Waals surface area contributed by atoms with E-state index in [4.69, 9.17) is 4.74 Å². The van der Waals surface area contributed by atoms with Gasteiger partial charge in [0.15, 0.2) is 6.61 Å². The van der Waals surface area contributed by atoms with Gasteiger partial charge in [-0.15, -0.1) is 0 Å². The standard InChI is InChI=1S/C19H24N2O5/c1-13-9-14(19(24)25)11-20(10-13)18(23)12-26-16-6-4-15(5-7-16)21-8-2-3-17(21)22/h4-7,13-14H,2-3,8-12H2,1H3,(H,24,25). The van der Waals surface area contributed by atoms with Gasteiger partial charge in [0.2, 0.25) is 5.91 Å². The molecule has 2 atom stereocenters. The topological polar surface area (TPSA) is 87.2 Å². The van der Waals surface area contributed by atoms with Crippen LogP contribution in [0.2, 0.25) is 0 Å². The van der Waals surface area contributed by atoms with Crippen LogP contribution in [-0.4, -0.2) is 54.0 Å². The van der Waals surface area contributed by atoms with Crippen LogP contribution in [0.1, 0.15) is 26.2 Å². The first-order valence-electron chi connectivity index (χ1n) is 8.98. The molecule has 0 radical (unpaired) electrons. The molecule has 2 aliphatic heterocycles. The number of hydrogen-bond donors (Lipinski definition) is 1. The Bertz CT molecular complexity index is 688. The van der Waals surface area contributed by atoms with E-state index in [0.29, 0.717) is 25.1 Å². The smallest absolute Gasteiger partial charge is 0.308 e. The number of nitrogens with zero attached hydrogens (tertiary/aromatic N) is 2. The van der Waals surface area contributed by atoms with Crippen molar-refractivity contribution in [1.29, 1.82) is 0 Å². The Kier molecular flexibility index (Phi) is 5.44. The lowest BCUT2D eigenvalue weighted by Crippen LogP contribution is -2.47. The Labute approximate surface area is 152 Å². The van der Waals surface area contributed by atoms with Crippen LogP contribution in [0.4, 0.5) is 5.69 Å². The molecule has 0 spiro atoms. The van der Waals surface area contributed by atoms with Crippen LogP contribution in [0.5, 0.6) is 5.75 Å². The summed E-state index contributed by atoms with van der Waals surface area (Å²) in [7, 11) is 0. The van der Waals surface area contributed by atoms with E-state index in [-0.39, 0.29) is 30.9 Å². The molecule has 2 fully saturated rings. The largest absolute Gasteiger partial charge is 0.484 e. The zero-order valence-electron chi connectivity index (χ0n) is 14.9. The van der Waals surface area contributed by atoms with E-state index >= 15 is 0 Å². The van der Waals surface area contributed by atoms with Crippen molar-refractivity contribution in [3.63, 3.8) is 0 Å². The fourth-order valence-electron chi connectivity index (χ4n) is 3.61. The van der Waals surface area contributed by atoms with Crippen molar-refractivity contribution in [3.05, 3.63) is 24.3 Å². The molecule has 26 heavy (non-hydrogen) atoms. The summed E-state index contributed by atoms with van der Waals surface area (Å²) in [4.78, 5) is 38.6. The first-order valence-corrected chi connectivity index (χ1v) is 8.98. The van der Waals surface area contributed by atoms with Gasteiger partial charge in [0.25, 0.3) is 5.91 Å². The first kappa shape index (κ1) is 18.2. The summed E-state index contributed by atoms with van der Waals surface area (Å²) in [6, 6.07) is 7.11. The lowest BCUT2D eigenvalue weighted by atomic mass is 9.90. The fourth-order valence-corrected chi connectivity index (χ4v) is 3.61. The third-order valence-electron chi connectivity index (χ3n) is 4.95. The second-order valence-corrected chi connectivity index (χ2v) is 7.11. The summed E-state index contributed by atoms with van der Waals surface area (Å²) in [6.07, 6.45) is 2.05. The molecule has 2 aliphatic rings. The van der Waals surface area contributed by atoms with Crippen LogP contribution in [-0.2, 0) is 14.4 Å². The summed E-state index contributed by atoms with van der Waals surface area (Å²) in [5.74, 6) is -0.746. The van der Waals surface area contributed by atoms with Crippen LogP contribution in [0.3, 0.4) is 0 Å². The highest BCUT2D eigenvalue weighted by Gasteiger charge is 2.32. The molecule has 0 aromatic heterocycles. The normalized spacial score (nSPS) is 23.2. The molecule has 2 unspecified atom stereocenters. The summed E-state index contributed by atoms with van der Waals surface area (Å²) in [5.41, 5.74) is 0.834. The predicted octanol–water partition coefficient (Wildman–Crippen LogP) is 1.76. The maximum absolute atomic E-state index is 12.4. The van der Waals surface area contributed by atoms with Crippen molar-refractivity contribution in [3.8, 4) is 5.75 Å². The monoisotopic (exact) mass is 360 g/mol. The van der Waals surface area contributed by atoms with Crippen LogP contribution >= 0.6 is 0 Å². The fraction of sp³-hybridized carbons (Fsp3) is 0.526. The highest BCUT2D eigenvalue weighted by atomic mass is 16.5. The third kappa shape index (κ3) is 4.15. The molecular weight excluding hydrogens is 336 g/mol. The molecule has 2 saturated heterocycles. The lowest BCUT2D eigenvalue weighted by Gasteiger charge is -2.34. The number of amides is 2. The highest BCUT2D eigenvalue weighted by Crippen LogP contribution is 2.25. The second kappa shape index (κ2) is 7.76. The molecule has 1 N–H and O–H groups in total. The van der Waals surface area contributed by atoms with Crippen molar-refractivity contribution in [2.24, 2.45) is 11.8 Å². The van der Waals surface area contributed by atoms with Crippen molar-refractivity contribution < 1.29 is 24.2 Å². The molecule has 1 aromatic carbocycles. The van der Waals surface area contributed by atoms with E-state index in [1.54, 1.807) is 21.9 Å². The summed E-state index contributed by atoms with van der Waals surface area (Å²) in [6.45, 7) is 3.35. The van der Waals surface area contributed by atoms with E-state index in [1.807, 2.05) is 19.1 Å². The summed E-state index contributed by atoms with van der Waals surface area (Å²) >= 11 is 0. The van der Waals surface area contributed by atoms with Gasteiger partial charge in [0.05, 0.1) is 5.92 Å². The van der Waals surface area contributed by atoms with Crippen LogP contribution in [0, 0.1) is 11.8 Å². The molecule has 7 heteroatoms. The van der Waals surface area contributed by atoms with E-state index in [2.05, 4.69) is 0 Å². The number of anilines is 1. The van der Waals surface area contributed by atoms with Gasteiger partial charge in [-0.05, 0) is 43.0 Å². The quantitative estimate of drug-likeness (QED) is 0.865. The minimum atomic E-state index is -0.859. The number of ether oxygens (including phenoxy) is 1. The number of carbonyl (C=O) groups excluding carboxylic acids is 2. The van der Waals surface area contributed by atoms with Crippen LogP contribution in [0.15, 0.2) is 24.3 Å². The molecule has 0 aliphatic carbocycles. The van der Waals surface area contributed by atoms with Gasteiger partial charge in [0.1, 0.15) is 5.75 Å². The number of carbonyl (C=O) groups is 3. The average molecular weight is 360 g/mol. The molecule has 3 rings (SSSR count). The number of hydrogen-bond acceptors (Lipinski definition) is 4. The lowest BCUT2D eigenvalue weighted by molar-refractivity contribution is -0.147. The minimum Gasteiger partial charge on any atom is -0.484 e. The Morgan fingerprint density at radius 3 is 2.58 bits per heavy atom. The van der Waals surface area contributed by atoms with E-state index in [9.17, 15) is 19.5 Å². The van der Waals surface area contributed by atoms with E-state index in [1.165, 1.54) is 0 Å². The van der Waals surface area contributed by atoms with Gasteiger partial charge in [-0.3, -0.25) is 14.4 Å². The number of aliphatic carboxylic acids is 1. The third-order valence-corrected chi connectivity index (χ3v) is 4.95. The molecule has 1 aromatic rings. The van der Waals surface area contributed by atoms with Crippen LogP contribution < -0.4 is 9.64 Å². The van der Waals surface area contributed by atoms with Gasteiger partial charge in [-0.1, -0.05) is 6.92 Å². The number of carboxylic acid groups (broad SMARTS) is 1. The summed E-state index contributed by atoms with van der Waals surface area (Å²) < 4.78 is 5.55. The summed E-state index contributed by atoms with van der Waals surface area (Å²) in [5, 5.41) is 9.20. The van der Waals surface area contributed by atoms with Gasteiger partial charge in [-0.2, -0.15) is 0 Å². The van der Waals surface area contributed by atoms with Crippen molar-refractivity contribution >= 4 is 23.5 Å². The second-order valence-electron chi connectivity index (χ2n) is 7.11. The van der Waals surface area contributed by atoms with Crippen molar-refractivity contribution in [1.82, 2.24) is 4.90 Å². The Hall–Kier alpha value is -2.57. The zero-order valence-corrected chi connectivity index (χ0v) is 14.9. The first-order chi connectivity index (χ1) is 12.4. The number of benzene rings is 1. The Morgan fingerprint density at radius 1 is 1.23 bits per heavy atom. The van der Waals surface area contributed by atoms with E-state index in [0.717, 1.165) is 18.7 Å². The molecule has 7 nitrogen and oxygen atoms in total. The predicted molar refractivity (Wildman–Crippen MR) is 95.0 cm³/mol. The average Bonchev–Trinajstić information content (AvgIpc) is 3.05. The van der Waals surface area contributed by atoms with Gasteiger partial charge < -0.3 is 19.6 Å². The maximum Gasteiger partial charge on any atom is 0.308 e. The number of carboxylic acids is 1. The Morgan fingerprint density at radius 2 is 1.96 bits per heavy atom. The van der Waals surface area contributed by atoms with Gasteiger partial charge in [-0.25, -0.2) is 0 Å². The number of piperidine rings is 1. The molecular formula is C19H24N2O5.